The number of halogens is 2. The fraction of sp³-hybridized carbons (Fsp3) is 0.0625. The largest absolute Gasteiger partial charge is 0.411 e. The summed E-state index contributed by atoms with van der Waals surface area (Å²) in [5.74, 6) is 1.85. The molecular weight excluding hydrogens is 486 g/mol. The van der Waals surface area contributed by atoms with Gasteiger partial charge in [-0.25, -0.2) is 0 Å². The van der Waals surface area contributed by atoms with Crippen LogP contribution in [0.5, 0.6) is 0 Å². The summed E-state index contributed by atoms with van der Waals surface area (Å²) in [4.78, 5) is 8.38. The van der Waals surface area contributed by atoms with E-state index in [-0.39, 0.29) is 0 Å². The van der Waals surface area contributed by atoms with Gasteiger partial charge in [0.05, 0.1) is 5.75 Å². The number of hydrogen-bond acceptors (Lipinski definition) is 8. The van der Waals surface area contributed by atoms with Crippen molar-refractivity contribution in [2.24, 2.45) is 0 Å². The van der Waals surface area contributed by atoms with Gasteiger partial charge in [-0.3, -0.25) is 4.98 Å². The Morgan fingerprint density at radius 3 is 2.73 bits per heavy atom. The minimum absolute atomic E-state index is 0.427. The second-order valence-corrected chi connectivity index (χ2v) is 7.73. The summed E-state index contributed by atoms with van der Waals surface area (Å²) in [5, 5.41) is 12.5. The highest BCUT2D eigenvalue weighted by molar-refractivity contribution is 9.11. The molecule has 3 heterocycles. The van der Waals surface area contributed by atoms with Crippen LogP contribution in [0.4, 0.5) is 0 Å². The van der Waals surface area contributed by atoms with Crippen molar-refractivity contribution in [3.8, 4) is 22.8 Å². The molecule has 0 unspecified atom stereocenters. The number of hydrogen-bond donors (Lipinski definition) is 0. The van der Waals surface area contributed by atoms with E-state index in [1.165, 1.54) is 11.8 Å². The van der Waals surface area contributed by atoms with Crippen LogP contribution in [0.2, 0.25) is 0 Å². The van der Waals surface area contributed by atoms with Crippen LogP contribution in [-0.4, -0.2) is 25.3 Å². The molecule has 0 N–H and O–H groups in total. The van der Waals surface area contributed by atoms with Gasteiger partial charge in [0, 0.05) is 32.5 Å². The lowest BCUT2D eigenvalue weighted by molar-refractivity contribution is 0.391. The third-order valence-corrected chi connectivity index (χ3v) is 5.28. The molecule has 0 aliphatic heterocycles. The Kier molecular flexibility index (Phi) is 5.14. The molecule has 0 spiro atoms. The molecule has 0 fully saturated rings. The van der Waals surface area contributed by atoms with Gasteiger partial charge in [-0.15, -0.1) is 10.2 Å². The lowest BCUT2D eigenvalue weighted by Crippen LogP contribution is -1.85. The summed E-state index contributed by atoms with van der Waals surface area (Å²) in [5.41, 5.74) is 1.66. The summed E-state index contributed by atoms with van der Waals surface area (Å²) >= 11 is 8.26. The van der Waals surface area contributed by atoms with Crippen LogP contribution in [0, 0.1) is 0 Å². The van der Waals surface area contributed by atoms with Crippen molar-refractivity contribution in [1.29, 1.82) is 0 Å². The molecule has 0 radical (unpaired) electrons. The van der Waals surface area contributed by atoms with Crippen LogP contribution in [-0.2, 0) is 5.75 Å². The molecule has 4 rings (SSSR count). The Morgan fingerprint density at radius 1 is 1.04 bits per heavy atom. The maximum Gasteiger partial charge on any atom is 0.277 e. The zero-order valence-electron chi connectivity index (χ0n) is 13.0. The van der Waals surface area contributed by atoms with Crippen molar-refractivity contribution in [2.45, 2.75) is 11.0 Å². The van der Waals surface area contributed by atoms with E-state index in [0.717, 1.165) is 20.1 Å². The van der Waals surface area contributed by atoms with Gasteiger partial charge in [-0.1, -0.05) is 48.8 Å². The van der Waals surface area contributed by atoms with Crippen LogP contribution in [0.25, 0.3) is 22.8 Å². The molecule has 1 aromatic carbocycles. The average Bonchev–Trinajstić information content (AvgIpc) is 3.32. The molecule has 0 amide bonds. The van der Waals surface area contributed by atoms with Crippen LogP contribution in [0.15, 0.2) is 65.8 Å². The second kappa shape index (κ2) is 7.68. The standard InChI is InChI=1S/C16H9Br2N5O2S/c17-10-1-2-12(18)11(7-10)14-20-13(25-23-14)8-26-16-22-21-15(24-16)9-3-5-19-6-4-9/h1-7H,8H2. The number of rotatable bonds is 5. The highest BCUT2D eigenvalue weighted by Crippen LogP contribution is 2.30. The molecular formula is C16H9Br2N5O2S. The number of aromatic nitrogens is 5. The first-order valence-corrected chi connectivity index (χ1v) is 9.91. The Balaban J connectivity index is 1.46. The van der Waals surface area contributed by atoms with Gasteiger partial charge in [-0.2, -0.15) is 4.98 Å². The van der Waals surface area contributed by atoms with Crippen LogP contribution in [0.1, 0.15) is 5.89 Å². The van der Waals surface area contributed by atoms with Crippen molar-refractivity contribution in [2.75, 3.05) is 0 Å². The van der Waals surface area contributed by atoms with Crippen molar-refractivity contribution < 1.29 is 8.94 Å². The van der Waals surface area contributed by atoms with Crippen LogP contribution >= 0.6 is 43.6 Å². The highest BCUT2D eigenvalue weighted by atomic mass is 79.9. The number of pyridine rings is 1. The third kappa shape index (κ3) is 3.87. The van der Waals surface area contributed by atoms with Gasteiger partial charge in [0.2, 0.25) is 17.6 Å². The molecule has 0 aliphatic carbocycles. The van der Waals surface area contributed by atoms with Crippen molar-refractivity contribution in [3.05, 3.63) is 57.6 Å². The first kappa shape index (κ1) is 17.4. The maximum absolute atomic E-state index is 5.63. The number of thioether (sulfide) groups is 1. The molecule has 0 atom stereocenters. The Bertz CT molecular complexity index is 1040. The van der Waals surface area contributed by atoms with Gasteiger partial charge >= 0.3 is 0 Å². The second-order valence-electron chi connectivity index (χ2n) is 5.03. The molecule has 130 valence electrons. The molecule has 0 bridgehead atoms. The molecule has 26 heavy (non-hydrogen) atoms. The van der Waals surface area contributed by atoms with Crippen LogP contribution < -0.4 is 0 Å². The monoisotopic (exact) mass is 493 g/mol. The van der Waals surface area contributed by atoms with E-state index in [2.05, 4.69) is 57.2 Å². The van der Waals surface area contributed by atoms with E-state index >= 15 is 0 Å². The molecule has 10 heteroatoms. The van der Waals surface area contributed by atoms with Gasteiger partial charge in [0.15, 0.2) is 0 Å². The summed E-state index contributed by atoms with van der Waals surface area (Å²) in [6.45, 7) is 0. The summed E-state index contributed by atoms with van der Waals surface area (Å²) in [6.07, 6.45) is 3.35. The number of nitrogens with zero attached hydrogens (tertiary/aromatic N) is 5. The Morgan fingerprint density at radius 2 is 1.88 bits per heavy atom. The molecule has 0 aliphatic rings. The van der Waals surface area contributed by atoms with Gasteiger partial charge in [0.1, 0.15) is 0 Å². The smallest absolute Gasteiger partial charge is 0.277 e. The first-order valence-electron chi connectivity index (χ1n) is 7.34. The number of benzene rings is 1. The zero-order valence-corrected chi connectivity index (χ0v) is 17.0. The van der Waals surface area contributed by atoms with Gasteiger partial charge in [-0.05, 0) is 30.3 Å². The Hall–Kier alpha value is -2.04. The fourth-order valence-corrected chi connectivity index (χ4v) is 3.48. The highest BCUT2D eigenvalue weighted by Gasteiger charge is 2.14. The lowest BCUT2D eigenvalue weighted by atomic mass is 10.2. The summed E-state index contributed by atoms with van der Waals surface area (Å²) in [7, 11) is 0. The van der Waals surface area contributed by atoms with Crippen molar-refractivity contribution in [3.63, 3.8) is 0 Å². The molecule has 3 aromatic heterocycles. The topological polar surface area (TPSA) is 90.7 Å². The van der Waals surface area contributed by atoms with E-state index in [9.17, 15) is 0 Å². The predicted octanol–water partition coefficient (Wildman–Crippen LogP) is 5.00. The Labute approximate surface area is 168 Å². The minimum Gasteiger partial charge on any atom is -0.411 e. The summed E-state index contributed by atoms with van der Waals surface area (Å²) < 4.78 is 12.8. The molecule has 7 nitrogen and oxygen atoms in total. The minimum atomic E-state index is 0.427. The third-order valence-electron chi connectivity index (χ3n) is 3.29. The lowest BCUT2D eigenvalue weighted by Gasteiger charge is -1.99. The molecule has 0 saturated heterocycles. The normalized spacial score (nSPS) is 11.0. The van der Waals surface area contributed by atoms with E-state index in [0.29, 0.717) is 28.6 Å². The van der Waals surface area contributed by atoms with Crippen LogP contribution in [0.3, 0.4) is 0 Å². The van der Waals surface area contributed by atoms with Gasteiger partial charge in [0.25, 0.3) is 5.22 Å². The van der Waals surface area contributed by atoms with E-state index < -0.39 is 0 Å². The first-order chi connectivity index (χ1) is 12.7. The SMILES string of the molecule is Brc1ccc(Br)c(-c2noc(CSc3nnc(-c4ccncc4)o3)n2)c1. The quantitative estimate of drug-likeness (QED) is 0.358. The average molecular weight is 495 g/mol. The van der Waals surface area contributed by atoms with E-state index in [1.54, 1.807) is 12.4 Å². The summed E-state index contributed by atoms with van der Waals surface area (Å²) in [6, 6.07) is 9.39. The van der Waals surface area contributed by atoms with Crippen molar-refractivity contribution >= 4 is 43.6 Å². The van der Waals surface area contributed by atoms with Gasteiger partial charge < -0.3 is 8.94 Å². The van der Waals surface area contributed by atoms with E-state index in [1.807, 2.05) is 30.3 Å². The van der Waals surface area contributed by atoms with Crippen molar-refractivity contribution in [1.82, 2.24) is 25.3 Å². The molecule has 0 saturated carbocycles. The molecule has 4 aromatic rings. The zero-order chi connectivity index (χ0) is 17.9. The van der Waals surface area contributed by atoms with E-state index in [4.69, 9.17) is 8.94 Å². The fourth-order valence-electron chi connectivity index (χ4n) is 2.09. The predicted molar refractivity (Wildman–Crippen MR) is 102 cm³/mol. The maximum atomic E-state index is 5.63.